The zero-order valence-corrected chi connectivity index (χ0v) is 15.5. The SMILES string of the molecule is CC(C)(C)[Si](OCCOC(N)=O)(c1ccccc1)c1ccccc1. The molecule has 0 fully saturated rings. The summed E-state index contributed by atoms with van der Waals surface area (Å²) < 4.78 is 11.4. The maximum Gasteiger partial charge on any atom is 0.404 e. The van der Waals surface area contributed by atoms with Crippen LogP contribution in [0.15, 0.2) is 60.7 Å². The van der Waals surface area contributed by atoms with Gasteiger partial charge in [0.05, 0.1) is 6.61 Å². The normalized spacial score (nSPS) is 12.0. The van der Waals surface area contributed by atoms with Gasteiger partial charge in [-0.25, -0.2) is 4.79 Å². The van der Waals surface area contributed by atoms with Crippen LogP contribution in [-0.4, -0.2) is 27.6 Å². The molecule has 2 aromatic rings. The molecule has 0 aromatic heterocycles. The van der Waals surface area contributed by atoms with E-state index in [1.165, 1.54) is 10.4 Å². The smallest absolute Gasteiger partial charge is 0.404 e. The molecule has 0 atom stereocenters. The molecule has 0 radical (unpaired) electrons. The molecule has 2 rings (SSSR count). The van der Waals surface area contributed by atoms with E-state index in [0.29, 0.717) is 6.61 Å². The number of nitrogens with two attached hydrogens (primary N) is 1. The van der Waals surface area contributed by atoms with Gasteiger partial charge in [0.25, 0.3) is 8.32 Å². The third kappa shape index (κ3) is 3.86. The molecule has 0 aliphatic heterocycles. The summed E-state index contributed by atoms with van der Waals surface area (Å²) in [4.78, 5) is 10.8. The summed E-state index contributed by atoms with van der Waals surface area (Å²) in [5, 5.41) is 2.30. The molecular formula is C19H25NO3Si. The summed E-state index contributed by atoms with van der Waals surface area (Å²) in [7, 11) is -2.55. The lowest BCUT2D eigenvalue weighted by atomic mass is 10.2. The average molecular weight is 343 g/mol. The molecule has 2 N–H and O–H groups in total. The number of benzene rings is 2. The maximum absolute atomic E-state index is 10.8. The highest BCUT2D eigenvalue weighted by molar-refractivity contribution is 6.99. The van der Waals surface area contributed by atoms with E-state index < -0.39 is 14.4 Å². The van der Waals surface area contributed by atoms with Gasteiger partial charge in [0, 0.05) is 0 Å². The quantitative estimate of drug-likeness (QED) is 0.648. The summed E-state index contributed by atoms with van der Waals surface area (Å²) >= 11 is 0. The predicted octanol–water partition coefficient (Wildman–Crippen LogP) is 2.66. The van der Waals surface area contributed by atoms with E-state index in [9.17, 15) is 4.79 Å². The minimum atomic E-state index is -2.55. The van der Waals surface area contributed by atoms with Crippen LogP contribution in [0.2, 0.25) is 5.04 Å². The van der Waals surface area contributed by atoms with Crippen molar-refractivity contribution < 1.29 is 14.0 Å². The van der Waals surface area contributed by atoms with Gasteiger partial charge in [-0.15, -0.1) is 0 Å². The largest absolute Gasteiger partial charge is 0.447 e. The second kappa shape index (κ2) is 7.64. The third-order valence-corrected chi connectivity index (χ3v) is 9.11. The zero-order valence-electron chi connectivity index (χ0n) is 14.5. The van der Waals surface area contributed by atoms with Crippen LogP contribution in [0, 0.1) is 0 Å². The minimum absolute atomic E-state index is 0.0948. The summed E-state index contributed by atoms with van der Waals surface area (Å²) in [6.45, 7) is 7.08. The highest BCUT2D eigenvalue weighted by Crippen LogP contribution is 2.36. The predicted molar refractivity (Wildman–Crippen MR) is 99.1 cm³/mol. The number of hydrogen-bond acceptors (Lipinski definition) is 3. The van der Waals surface area contributed by atoms with Crippen LogP contribution in [0.5, 0.6) is 0 Å². The van der Waals surface area contributed by atoms with E-state index in [-0.39, 0.29) is 11.6 Å². The number of ether oxygens (including phenoxy) is 1. The highest BCUT2D eigenvalue weighted by atomic mass is 28.4. The number of carbonyl (C=O) groups is 1. The van der Waals surface area contributed by atoms with Crippen molar-refractivity contribution in [2.45, 2.75) is 25.8 Å². The van der Waals surface area contributed by atoms with Crippen molar-refractivity contribution in [2.75, 3.05) is 13.2 Å². The number of carbonyl (C=O) groups excluding carboxylic acids is 1. The van der Waals surface area contributed by atoms with E-state index in [2.05, 4.69) is 45.0 Å². The van der Waals surface area contributed by atoms with Crippen molar-refractivity contribution in [2.24, 2.45) is 5.73 Å². The minimum Gasteiger partial charge on any atom is -0.447 e. The maximum atomic E-state index is 10.8. The Hall–Kier alpha value is -2.11. The second-order valence-corrected chi connectivity index (χ2v) is 11.0. The van der Waals surface area contributed by atoms with Gasteiger partial charge in [0.1, 0.15) is 6.61 Å². The lowest BCUT2D eigenvalue weighted by Crippen LogP contribution is -2.66. The van der Waals surface area contributed by atoms with E-state index >= 15 is 0 Å². The fourth-order valence-electron chi connectivity index (χ4n) is 3.10. The van der Waals surface area contributed by atoms with Crippen molar-refractivity contribution in [3.8, 4) is 0 Å². The van der Waals surface area contributed by atoms with Gasteiger partial charge in [-0.2, -0.15) is 0 Å². The standard InChI is InChI=1S/C19H25NO3Si/c1-19(2,3)24(16-10-6-4-7-11-16,17-12-8-5-9-13-17)23-15-14-22-18(20)21/h4-13H,14-15H2,1-3H3,(H2,20,21). The van der Waals surface area contributed by atoms with Crippen molar-refractivity contribution >= 4 is 24.8 Å². The Balaban J connectivity index is 2.47. The van der Waals surface area contributed by atoms with Gasteiger partial charge in [0.2, 0.25) is 0 Å². The van der Waals surface area contributed by atoms with E-state index in [1.54, 1.807) is 0 Å². The zero-order chi connectivity index (χ0) is 17.6. The first-order valence-electron chi connectivity index (χ1n) is 8.05. The molecule has 0 saturated carbocycles. The van der Waals surface area contributed by atoms with Crippen LogP contribution in [0.1, 0.15) is 20.8 Å². The molecule has 0 aliphatic rings. The van der Waals surface area contributed by atoms with Gasteiger partial charge in [0.15, 0.2) is 0 Å². The molecule has 0 spiro atoms. The summed E-state index contributed by atoms with van der Waals surface area (Å²) in [6, 6.07) is 20.7. The summed E-state index contributed by atoms with van der Waals surface area (Å²) in [5.74, 6) is 0. The van der Waals surface area contributed by atoms with E-state index in [4.69, 9.17) is 14.9 Å². The molecule has 0 aliphatic carbocycles. The molecule has 128 valence electrons. The van der Waals surface area contributed by atoms with Gasteiger partial charge in [-0.1, -0.05) is 81.4 Å². The summed E-state index contributed by atoms with van der Waals surface area (Å²) in [6.07, 6.45) is -0.777. The number of amides is 1. The lowest BCUT2D eigenvalue weighted by molar-refractivity contribution is 0.131. The first kappa shape index (κ1) is 18.2. The Morgan fingerprint density at radius 3 is 1.75 bits per heavy atom. The Morgan fingerprint density at radius 2 is 1.38 bits per heavy atom. The molecule has 2 aromatic carbocycles. The average Bonchev–Trinajstić information content (AvgIpc) is 2.55. The second-order valence-electron chi connectivity index (χ2n) is 6.68. The van der Waals surface area contributed by atoms with Gasteiger partial charge >= 0.3 is 6.09 Å². The van der Waals surface area contributed by atoms with Crippen LogP contribution >= 0.6 is 0 Å². The topological polar surface area (TPSA) is 61.6 Å². The molecule has 5 heteroatoms. The Kier molecular flexibility index (Phi) is 5.80. The fourth-order valence-corrected chi connectivity index (χ4v) is 7.64. The van der Waals surface area contributed by atoms with Crippen LogP contribution in [0.3, 0.4) is 0 Å². The molecule has 0 heterocycles. The third-order valence-electron chi connectivity index (χ3n) is 4.06. The van der Waals surface area contributed by atoms with Crippen LogP contribution < -0.4 is 16.1 Å². The molecular weight excluding hydrogens is 318 g/mol. The van der Waals surface area contributed by atoms with Gasteiger partial charge in [-0.3, -0.25) is 0 Å². The highest BCUT2D eigenvalue weighted by Gasteiger charge is 2.50. The van der Waals surface area contributed by atoms with Crippen molar-refractivity contribution in [1.29, 1.82) is 0 Å². The Labute approximate surface area is 144 Å². The molecule has 0 bridgehead atoms. The lowest BCUT2D eigenvalue weighted by Gasteiger charge is -2.43. The van der Waals surface area contributed by atoms with E-state index in [0.717, 1.165) is 0 Å². The molecule has 24 heavy (non-hydrogen) atoms. The number of primary amides is 1. The monoisotopic (exact) mass is 343 g/mol. The Bertz CT molecular complexity index is 614. The molecule has 0 unspecified atom stereocenters. The van der Waals surface area contributed by atoms with Crippen LogP contribution in [0.4, 0.5) is 4.79 Å². The van der Waals surface area contributed by atoms with E-state index in [1.807, 2.05) is 36.4 Å². The first-order chi connectivity index (χ1) is 11.4. The summed E-state index contributed by atoms with van der Waals surface area (Å²) in [5.41, 5.74) is 5.04. The van der Waals surface area contributed by atoms with Gasteiger partial charge < -0.3 is 14.9 Å². The molecule has 4 nitrogen and oxygen atoms in total. The number of hydrogen-bond donors (Lipinski definition) is 1. The van der Waals surface area contributed by atoms with Crippen LogP contribution in [0.25, 0.3) is 0 Å². The van der Waals surface area contributed by atoms with Crippen molar-refractivity contribution in [3.05, 3.63) is 60.7 Å². The van der Waals surface area contributed by atoms with Gasteiger partial charge in [-0.05, 0) is 15.4 Å². The van der Waals surface area contributed by atoms with Crippen molar-refractivity contribution in [3.63, 3.8) is 0 Å². The molecule has 0 saturated heterocycles. The Morgan fingerprint density at radius 1 is 0.917 bits per heavy atom. The van der Waals surface area contributed by atoms with Crippen LogP contribution in [-0.2, 0) is 9.16 Å². The molecule has 1 amide bonds. The van der Waals surface area contributed by atoms with Crippen molar-refractivity contribution in [1.82, 2.24) is 0 Å². The first-order valence-corrected chi connectivity index (χ1v) is 9.96. The fraction of sp³-hybridized carbons (Fsp3) is 0.316. The number of rotatable bonds is 6.